The number of nitrogens with zero attached hydrogens (tertiary/aromatic N) is 2. The summed E-state index contributed by atoms with van der Waals surface area (Å²) in [6.07, 6.45) is 3.66. The Labute approximate surface area is 178 Å². The monoisotopic (exact) mass is 428 g/mol. The highest BCUT2D eigenvalue weighted by molar-refractivity contribution is 7.92. The lowest BCUT2D eigenvalue weighted by Gasteiger charge is -2.33. The highest BCUT2D eigenvalue weighted by Gasteiger charge is 2.27. The maximum Gasteiger partial charge on any atom is 0.253 e. The summed E-state index contributed by atoms with van der Waals surface area (Å²) in [5, 5.41) is 1.23. The molecule has 0 spiro atoms. The van der Waals surface area contributed by atoms with Crippen molar-refractivity contribution >= 4 is 22.0 Å². The van der Waals surface area contributed by atoms with Gasteiger partial charge in [-0.3, -0.25) is 4.79 Å². The van der Waals surface area contributed by atoms with Crippen molar-refractivity contribution in [2.45, 2.75) is 19.8 Å². The van der Waals surface area contributed by atoms with Gasteiger partial charge in [0.1, 0.15) is 5.75 Å². The number of ether oxygens (including phenoxy) is 1. The van der Waals surface area contributed by atoms with Gasteiger partial charge < -0.3 is 9.64 Å². The van der Waals surface area contributed by atoms with Gasteiger partial charge in [0.05, 0.1) is 6.61 Å². The lowest BCUT2D eigenvalue weighted by atomic mass is 10.2. The van der Waals surface area contributed by atoms with Crippen molar-refractivity contribution in [3.63, 3.8) is 0 Å². The lowest BCUT2D eigenvalue weighted by molar-refractivity contribution is 0.0698. The van der Waals surface area contributed by atoms with Gasteiger partial charge in [0.2, 0.25) is 10.0 Å². The maximum absolute atomic E-state index is 12.7. The number of hydrogen-bond donors (Lipinski definition) is 0. The van der Waals surface area contributed by atoms with Gasteiger partial charge in [-0.25, -0.2) is 8.42 Å². The molecule has 0 bridgehead atoms. The summed E-state index contributed by atoms with van der Waals surface area (Å²) < 4.78 is 32.2. The van der Waals surface area contributed by atoms with Gasteiger partial charge in [-0.15, -0.1) is 0 Å². The van der Waals surface area contributed by atoms with E-state index in [9.17, 15) is 13.2 Å². The summed E-state index contributed by atoms with van der Waals surface area (Å²) in [5.74, 6) is 0.660. The van der Waals surface area contributed by atoms with Crippen molar-refractivity contribution in [2.75, 3.05) is 32.8 Å². The molecule has 0 aromatic heterocycles. The van der Waals surface area contributed by atoms with Crippen molar-refractivity contribution < 1.29 is 17.9 Å². The molecular weight excluding hydrogens is 400 g/mol. The standard InChI is InChI=1S/C23H28N2O4S/c1-2-3-18-29-22-11-9-21(10-12-22)23(26)24-14-16-25(17-15-24)30(27,28)19-13-20-7-5-4-6-8-20/h4-13,19H,2-3,14-18H2,1H3/b19-13+. The minimum atomic E-state index is -3.51. The second-order valence-electron chi connectivity index (χ2n) is 7.18. The molecule has 6 nitrogen and oxygen atoms in total. The SMILES string of the molecule is CCCCOc1ccc(C(=O)N2CCN(S(=O)(=O)/C=C/c3ccccc3)CC2)cc1. The quantitative estimate of drug-likeness (QED) is 0.602. The highest BCUT2D eigenvalue weighted by atomic mass is 32.2. The number of carbonyl (C=O) groups excluding carboxylic acids is 1. The van der Waals surface area contributed by atoms with Gasteiger partial charge in [-0.05, 0) is 42.3 Å². The van der Waals surface area contributed by atoms with Crippen LogP contribution in [0, 0.1) is 0 Å². The molecule has 1 aliphatic rings. The van der Waals surface area contributed by atoms with Crippen molar-refractivity contribution in [1.82, 2.24) is 9.21 Å². The van der Waals surface area contributed by atoms with Gasteiger partial charge in [-0.1, -0.05) is 43.7 Å². The molecule has 3 rings (SSSR count). The van der Waals surface area contributed by atoms with E-state index in [1.807, 2.05) is 30.3 Å². The zero-order valence-corrected chi connectivity index (χ0v) is 18.1. The van der Waals surface area contributed by atoms with E-state index in [-0.39, 0.29) is 19.0 Å². The number of rotatable bonds is 8. The van der Waals surface area contributed by atoms with Crippen molar-refractivity contribution in [3.05, 3.63) is 71.1 Å². The van der Waals surface area contributed by atoms with E-state index < -0.39 is 10.0 Å². The van der Waals surface area contributed by atoms with Crippen LogP contribution in [-0.4, -0.2) is 56.3 Å². The Morgan fingerprint density at radius 1 is 1.00 bits per heavy atom. The average molecular weight is 429 g/mol. The molecule has 7 heteroatoms. The normalized spacial score (nSPS) is 15.4. The molecule has 0 N–H and O–H groups in total. The average Bonchev–Trinajstić information content (AvgIpc) is 2.79. The lowest BCUT2D eigenvalue weighted by Crippen LogP contribution is -2.50. The van der Waals surface area contributed by atoms with Crippen LogP contribution in [0.15, 0.2) is 60.0 Å². The van der Waals surface area contributed by atoms with E-state index in [1.54, 1.807) is 35.2 Å². The fraction of sp³-hybridized carbons (Fsp3) is 0.348. The number of unbranched alkanes of at least 4 members (excludes halogenated alkanes) is 1. The van der Waals surface area contributed by atoms with Gasteiger partial charge in [0.25, 0.3) is 5.91 Å². The number of piperazine rings is 1. The van der Waals surface area contributed by atoms with Crippen LogP contribution in [0.3, 0.4) is 0 Å². The first-order valence-corrected chi connectivity index (χ1v) is 11.8. The second-order valence-corrected chi connectivity index (χ2v) is 8.99. The Kier molecular flexibility index (Phi) is 7.65. The van der Waals surface area contributed by atoms with E-state index in [0.717, 1.165) is 24.2 Å². The zero-order chi connectivity index (χ0) is 21.4. The summed E-state index contributed by atoms with van der Waals surface area (Å²) in [6, 6.07) is 16.4. The number of hydrogen-bond acceptors (Lipinski definition) is 4. The first kappa shape index (κ1) is 22.1. The summed E-state index contributed by atoms with van der Waals surface area (Å²) in [5.41, 5.74) is 1.41. The number of benzene rings is 2. The summed E-state index contributed by atoms with van der Waals surface area (Å²) in [6.45, 7) is 4.07. The molecule has 1 aliphatic heterocycles. The molecule has 2 aromatic carbocycles. The first-order chi connectivity index (χ1) is 14.5. The Hall–Kier alpha value is -2.64. The van der Waals surface area contributed by atoms with E-state index in [0.29, 0.717) is 25.3 Å². The molecule has 0 radical (unpaired) electrons. The maximum atomic E-state index is 12.7. The Morgan fingerprint density at radius 3 is 2.30 bits per heavy atom. The Morgan fingerprint density at radius 2 is 1.67 bits per heavy atom. The van der Waals surface area contributed by atoms with Gasteiger partial charge in [-0.2, -0.15) is 4.31 Å². The van der Waals surface area contributed by atoms with E-state index in [1.165, 1.54) is 9.71 Å². The van der Waals surface area contributed by atoms with Crippen LogP contribution >= 0.6 is 0 Å². The van der Waals surface area contributed by atoms with Gasteiger partial charge in [0, 0.05) is 37.2 Å². The van der Waals surface area contributed by atoms with Crippen LogP contribution in [0.1, 0.15) is 35.7 Å². The predicted octanol–water partition coefficient (Wildman–Crippen LogP) is 3.62. The molecule has 1 fully saturated rings. The molecule has 1 saturated heterocycles. The smallest absolute Gasteiger partial charge is 0.253 e. The largest absolute Gasteiger partial charge is 0.494 e. The molecule has 160 valence electrons. The van der Waals surface area contributed by atoms with Gasteiger partial charge >= 0.3 is 0 Å². The molecule has 2 aromatic rings. The van der Waals surface area contributed by atoms with Crippen molar-refractivity contribution in [3.8, 4) is 5.75 Å². The molecule has 1 heterocycles. The van der Waals surface area contributed by atoms with Crippen LogP contribution in [0.25, 0.3) is 6.08 Å². The molecule has 0 atom stereocenters. The number of sulfonamides is 1. The molecule has 1 amide bonds. The second kappa shape index (κ2) is 10.4. The van der Waals surface area contributed by atoms with Crippen molar-refractivity contribution in [2.24, 2.45) is 0 Å². The Bertz CT molecular complexity index is 948. The molecule has 0 saturated carbocycles. The molecular formula is C23H28N2O4S. The summed E-state index contributed by atoms with van der Waals surface area (Å²) in [4.78, 5) is 14.4. The predicted molar refractivity (Wildman–Crippen MR) is 119 cm³/mol. The molecule has 0 aliphatic carbocycles. The fourth-order valence-electron chi connectivity index (χ4n) is 3.17. The van der Waals surface area contributed by atoms with Crippen LogP contribution in [0.4, 0.5) is 0 Å². The topological polar surface area (TPSA) is 66.9 Å². The van der Waals surface area contributed by atoms with E-state index in [4.69, 9.17) is 4.74 Å². The van der Waals surface area contributed by atoms with Crippen LogP contribution in [0.2, 0.25) is 0 Å². The number of amides is 1. The van der Waals surface area contributed by atoms with Gasteiger partial charge in [0.15, 0.2) is 0 Å². The fourth-order valence-corrected chi connectivity index (χ4v) is 4.34. The number of carbonyl (C=O) groups is 1. The minimum Gasteiger partial charge on any atom is -0.494 e. The highest BCUT2D eigenvalue weighted by Crippen LogP contribution is 2.17. The first-order valence-electron chi connectivity index (χ1n) is 10.2. The molecule has 30 heavy (non-hydrogen) atoms. The third-order valence-corrected chi connectivity index (χ3v) is 6.55. The van der Waals surface area contributed by atoms with Crippen LogP contribution < -0.4 is 4.74 Å². The molecule has 0 unspecified atom stereocenters. The third-order valence-electron chi connectivity index (χ3n) is 4.99. The van der Waals surface area contributed by atoms with Crippen LogP contribution in [-0.2, 0) is 10.0 Å². The van der Waals surface area contributed by atoms with E-state index in [2.05, 4.69) is 6.92 Å². The summed E-state index contributed by atoms with van der Waals surface area (Å²) >= 11 is 0. The minimum absolute atomic E-state index is 0.0908. The van der Waals surface area contributed by atoms with Crippen molar-refractivity contribution in [1.29, 1.82) is 0 Å². The summed E-state index contributed by atoms with van der Waals surface area (Å²) in [7, 11) is -3.51. The van der Waals surface area contributed by atoms with Crippen LogP contribution in [0.5, 0.6) is 5.75 Å². The zero-order valence-electron chi connectivity index (χ0n) is 17.2. The third kappa shape index (κ3) is 5.93. The Balaban J connectivity index is 1.54. The van der Waals surface area contributed by atoms with E-state index >= 15 is 0 Å².